The van der Waals surface area contributed by atoms with E-state index in [1.54, 1.807) is 11.1 Å². The van der Waals surface area contributed by atoms with Gasteiger partial charge in [-0.3, -0.25) is 0 Å². The van der Waals surface area contributed by atoms with E-state index in [0.717, 1.165) is 6.20 Å². The Morgan fingerprint density at radius 2 is 2.00 bits per heavy atom. The number of aromatic nitrogens is 2. The number of carbonyl (C=O) groups excluding carboxylic acids is 1. The fourth-order valence-electron chi connectivity index (χ4n) is 3.01. The maximum Gasteiger partial charge on any atom is 0.421 e. The van der Waals surface area contributed by atoms with Crippen LogP contribution in [0.1, 0.15) is 39.7 Å². The minimum Gasteiger partial charge on any atom is -0.444 e. The molecule has 0 radical (unpaired) electrons. The Balaban J connectivity index is 2.07. The molecule has 1 amide bonds. The molecule has 1 aliphatic rings. The highest BCUT2D eigenvalue weighted by Gasteiger charge is 2.36. The van der Waals surface area contributed by atoms with Crippen molar-refractivity contribution < 1.29 is 22.7 Å². The van der Waals surface area contributed by atoms with E-state index in [1.807, 2.05) is 27.7 Å². The predicted molar refractivity (Wildman–Crippen MR) is 105 cm³/mol. The second kappa shape index (κ2) is 8.54. The number of alkyl halides is 3. The Morgan fingerprint density at radius 1 is 1.34 bits per heavy atom. The largest absolute Gasteiger partial charge is 0.444 e. The molecule has 2 rings (SSSR count). The fraction of sp³-hybridized carbons (Fsp3) is 0.684. The van der Waals surface area contributed by atoms with Crippen molar-refractivity contribution in [1.82, 2.24) is 14.9 Å². The number of nitrogens with zero attached hydrogens (tertiary/aromatic N) is 5. The van der Waals surface area contributed by atoms with E-state index in [9.17, 15) is 18.0 Å². The molecule has 0 aliphatic carbocycles. The maximum atomic E-state index is 13.1. The van der Waals surface area contributed by atoms with Gasteiger partial charge in [-0.05, 0) is 33.1 Å². The molecule has 1 aromatic heterocycles. The molecular formula is C19H28F3N5O2. The van der Waals surface area contributed by atoms with Gasteiger partial charge in [0, 0.05) is 45.5 Å². The van der Waals surface area contributed by atoms with Crippen molar-refractivity contribution in [3.63, 3.8) is 0 Å². The molecule has 0 N–H and O–H groups in total. The molecule has 7 nitrogen and oxygen atoms in total. The molecule has 1 aromatic rings. The van der Waals surface area contributed by atoms with Gasteiger partial charge in [-0.15, -0.1) is 0 Å². The quantitative estimate of drug-likeness (QED) is 0.694. The zero-order valence-corrected chi connectivity index (χ0v) is 17.6. The number of amides is 1. The number of aliphatic imine (C=N–C) groups is 1. The van der Waals surface area contributed by atoms with Crippen LogP contribution in [0.2, 0.25) is 0 Å². The van der Waals surface area contributed by atoms with E-state index in [0.29, 0.717) is 19.5 Å². The lowest BCUT2D eigenvalue weighted by Crippen LogP contribution is -2.45. The van der Waals surface area contributed by atoms with Crippen LogP contribution < -0.4 is 4.90 Å². The van der Waals surface area contributed by atoms with Crippen LogP contribution in [0.5, 0.6) is 0 Å². The highest BCUT2D eigenvalue weighted by molar-refractivity contribution is 5.69. The minimum atomic E-state index is -4.54. The van der Waals surface area contributed by atoms with E-state index in [4.69, 9.17) is 4.74 Å². The Hall–Kier alpha value is -2.39. The molecule has 0 saturated carbocycles. The first kappa shape index (κ1) is 22.9. The lowest BCUT2D eigenvalue weighted by atomic mass is 9.88. The molecule has 2 heterocycles. The van der Waals surface area contributed by atoms with Gasteiger partial charge in [0.1, 0.15) is 17.0 Å². The standard InChI is InChI=1S/C19H28F3N5O2/c1-12-11-27(17(28)29-18(2,3)4)8-7-13(12)9-23-16-24-10-14(19(20,21)22)15(25-16)26(5)6/h9-10,12-13H,7-8,11H2,1-6H3. The van der Waals surface area contributed by atoms with Gasteiger partial charge in [0.2, 0.25) is 0 Å². The molecule has 2 unspecified atom stereocenters. The molecule has 0 aromatic carbocycles. The second-order valence-corrected chi connectivity index (χ2v) is 8.43. The third-order valence-electron chi connectivity index (χ3n) is 4.49. The van der Waals surface area contributed by atoms with Gasteiger partial charge in [-0.25, -0.2) is 14.8 Å². The van der Waals surface area contributed by atoms with Crippen LogP contribution in [-0.4, -0.2) is 60.0 Å². The normalized spacial score (nSPS) is 20.8. The average molecular weight is 415 g/mol. The Bertz CT molecular complexity index is 759. The van der Waals surface area contributed by atoms with E-state index in [1.165, 1.54) is 19.0 Å². The molecule has 0 spiro atoms. The number of rotatable bonds is 3. The first-order valence-corrected chi connectivity index (χ1v) is 9.41. The Labute approximate surface area is 169 Å². The number of carbonyl (C=O) groups is 1. The minimum absolute atomic E-state index is 0.0246. The van der Waals surface area contributed by atoms with E-state index < -0.39 is 17.3 Å². The van der Waals surface area contributed by atoms with Gasteiger partial charge in [-0.2, -0.15) is 18.2 Å². The summed E-state index contributed by atoms with van der Waals surface area (Å²) in [5, 5.41) is 0. The van der Waals surface area contributed by atoms with Gasteiger partial charge in [0.15, 0.2) is 0 Å². The molecule has 29 heavy (non-hydrogen) atoms. The molecule has 1 aliphatic heterocycles. The van der Waals surface area contributed by atoms with E-state index in [-0.39, 0.29) is 29.7 Å². The molecule has 1 fully saturated rings. The summed E-state index contributed by atoms with van der Waals surface area (Å²) in [6.07, 6.45) is -1.79. The van der Waals surface area contributed by atoms with Crippen molar-refractivity contribution in [1.29, 1.82) is 0 Å². The van der Waals surface area contributed by atoms with Crippen LogP contribution in [-0.2, 0) is 10.9 Å². The van der Waals surface area contributed by atoms with Crippen LogP contribution in [0.4, 0.5) is 29.7 Å². The van der Waals surface area contributed by atoms with Crippen LogP contribution in [0.3, 0.4) is 0 Å². The first-order valence-electron chi connectivity index (χ1n) is 9.41. The molecular weight excluding hydrogens is 387 g/mol. The first-order chi connectivity index (χ1) is 13.3. The number of hydrogen-bond acceptors (Lipinski definition) is 6. The molecule has 2 atom stereocenters. The molecule has 0 bridgehead atoms. The Kier molecular flexibility index (Phi) is 6.74. The van der Waals surface area contributed by atoms with Gasteiger partial charge in [-0.1, -0.05) is 6.92 Å². The number of ether oxygens (including phenoxy) is 1. The van der Waals surface area contributed by atoms with Crippen molar-refractivity contribution in [2.75, 3.05) is 32.1 Å². The summed E-state index contributed by atoms with van der Waals surface area (Å²) in [6, 6.07) is 0. The second-order valence-electron chi connectivity index (χ2n) is 8.43. The lowest BCUT2D eigenvalue weighted by Gasteiger charge is -2.36. The Morgan fingerprint density at radius 3 is 2.52 bits per heavy atom. The van der Waals surface area contributed by atoms with Crippen LogP contribution >= 0.6 is 0 Å². The smallest absolute Gasteiger partial charge is 0.421 e. The van der Waals surface area contributed by atoms with Gasteiger partial charge in [0.05, 0.1) is 0 Å². The van der Waals surface area contributed by atoms with Crippen molar-refractivity contribution in [3.8, 4) is 0 Å². The van der Waals surface area contributed by atoms with Gasteiger partial charge >= 0.3 is 12.3 Å². The summed E-state index contributed by atoms with van der Waals surface area (Å²) in [5.41, 5.74) is -1.46. The van der Waals surface area contributed by atoms with Gasteiger partial charge < -0.3 is 14.5 Å². The summed E-state index contributed by atoms with van der Waals surface area (Å²) < 4.78 is 44.7. The van der Waals surface area contributed by atoms with E-state index in [2.05, 4.69) is 15.0 Å². The third kappa shape index (κ3) is 6.30. The highest BCUT2D eigenvalue weighted by atomic mass is 19.4. The van der Waals surface area contributed by atoms with Crippen LogP contribution in [0.15, 0.2) is 11.2 Å². The van der Waals surface area contributed by atoms with Crippen molar-refractivity contribution in [2.45, 2.75) is 45.9 Å². The number of anilines is 1. The summed E-state index contributed by atoms with van der Waals surface area (Å²) in [7, 11) is 2.97. The molecule has 10 heteroatoms. The fourth-order valence-corrected chi connectivity index (χ4v) is 3.01. The average Bonchev–Trinajstić information content (AvgIpc) is 2.58. The summed E-state index contributed by atoms with van der Waals surface area (Å²) in [4.78, 5) is 27.0. The highest BCUT2D eigenvalue weighted by Crippen LogP contribution is 2.35. The lowest BCUT2D eigenvalue weighted by molar-refractivity contribution is -0.137. The van der Waals surface area contributed by atoms with Crippen molar-refractivity contribution >= 4 is 24.1 Å². The summed E-state index contributed by atoms with van der Waals surface area (Å²) in [5.74, 6) is -0.0823. The molecule has 1 saturated heterocycles. The topological polar surface area (TPSA) is 70.9 Å². The summed E-state index contributed by atoms with van der Waals surface area (Å²) >= 11 is 0. The third-order valence-corrected chi connectivity index (χ3v) is 4.49. The zero-order valence-electron chi connectivity index (χ0n) is 17.6. The van der Waals surface area contributed by atoms with Crippen LogP contribution in [0.25, 0.3) is 0 Å². The maximum absolute atomic E-state index is 13.1. The zero-order chi connectivity index (χ0) is 22.0. The van der Waals surface area contributed by atoms with Crippen molar-refractivity contribution in [3.05, 3.63) is 11.8 Å². The van der Waals surface area contributed by atoms with Crippen molar-refractivity contribution in [2.24, 2.45) is 16.8 Å². The number of hydrogen-bond donors (Lipinski definition) is 0. The number of likely N-dealkylation sites (tertiary alicyclic amines) is 1. The number of piperidine rings is 1. The number of halogens is 3. The monoisotopic (exact) mass is 415 g/mol. The predicted octanol–water partition coefficient (Wildman–Crippen LogP) is 4.16. The van der Waals surface area contributed by atoms with Crippen LogP contribution in [0, 0.1) is 11.8 Å². The SMILES string of the molecule is CC1CN(C(=O)OC(C)(C)C)CCC1C=Nc1ncc(C(F)(F)F)c(N(C)C)n1. The summed E-state index contributed by atoms with van der Waals surface area (Å²) in [6.45, 7) is 8.49. The van der Waals surface area contributed by atoms with Gasteiger partial charge in [0.25, 0.3) is 5.95 Å². The van der Waals surface area contributed by atoms with E-state index >= 15 is 0 Å². The molecule has 162 valence electrons.